The van der Waals surface area contributed by atoms with E-state index in [1.807, 2.05) is 19.0 Å². The van der Waals surface area contributed by atoms with E-state index in [2.05, 4.69) is 41.6 Å². The van der Waals surface area contributed by atoms with Crippen molar-refractivity contribution in [3.8, 4) is 0 Å². The van der Waals surface area contributed by atoms with E-state index >= 15 is 0 Å². The third-order valence-electron chi connectivity index (χ3n) is 6.26. The molecule has 0 radical (unpaired) electrons. The van der Waals surface area contributed by atoms with Crippen LogP contribution in [0.25, 0.3) is 10.9 Å². The number of halogens is 7. The minimum absolute atomic E-state index is 0.00600. The molecule has 0 saturated heterocycles. The number of benzene rings is 1. The highest BCUT2D eigenvalue weighted by Crippen LogP contribution is 2.37. The lowest BCUT2D eigenvalue weighted by atomic mass is 10.1. The van der Waals surface area contributed by atoms with Crippen LogP contribution in [0.5, 0.6) is 0 Å². The largest absolute Gasteiger partial charge is 0.437 e. The molecule has 4 aromatic rings. The Morgan fingerprint density at radius 2 is 1.72 bits per heavy atom. The van der Waals surface area contributed by atoms with Crippen LogP contribution in [0.2, 0.25) is 0 Å². The molecule has 4 rings (SSSR count). The lowest BCUT2D eigenvalue weighted by molar-refractivity contribution is -0.141. The van der Waals surface area contributed by atoms with Crippen molar-refractivity contribution >= 4 is 44.3 Å². The molecule has 3 heterocycles. The predicted molar refractivity (Wildman–Crippen MR) is 149 cm³/mol. The van der Waals surface area contributed by atoms with Gasteiger partial charge in [0.1, 0.15) is 5.69 Å². The van der Waals surface area contributed by atoms with E-state index in [0.29, 0.717) is 23.6 Å². The van der Waals surface area contributed by atoms with Crippen molar-refractivity contribution in [1.29, 1.82) is 0 Å². The van der Waals surface area contributed by atoms with Gasteiger partial charge in [-0.15, -0.1) is 0 Å². The average Bonchev–Trinajstić information content (AvgIpc) is 3.22. The Hall–Kier alpha value is -4.05. The zero-order valence-corrected chi connectivity index (χ0v) is 24.4. The number of nitrogens with zero attached hydrogens (tertiary/aromatic N) is 5. The van der Waals surface area contributed by atoms with Crippen LogP contribution < -0.4 is 10.6 Å². The fraction of sp³-hybridized carbons (Fsp3) is 0.296. The molecule has 0 bridgehead atoms. The summed E-state index contributed by atoms with van der Waals surface area (Å²) in [5.74, 6) is -1.59. The standard InChI is InChI=1S/C27H24BrF6N7O2/c1-14-22(38-25(43)19-11-21(26(29,30)31)37-20-7-5-16(28)10-18(19)20)23(27(32,33)34)39-41(14)13-17-6-4-15(12-36-17)24(42)35-8-9-40(2)3/h4-7,10-12H,8-9,13H2,1-3H3,(H,35,42)(H,38,43). The number of pyridine rings is 2. The number of fused-ring (bicyclic) bond motifs is 1. The van der Waals surface area contributed by atoms with Crippen molar-refractivity contribution in [3.63, 3.8) is 0 Å². The molecule has 0 aliphatic carbocycles. The number of hydrogen-bond donors (Lipinski definition) is 2. The van der Waals surface area contributed by atoms with Crippen LogP contribution in [0.15, 0.2) is 47.1 Å². The van der Waals surface area contributed by atoms with Gasteiger partial charge in [0, 0.05) is 29.1 Å². The first-order valence-electron chi connectivity index (χ1n) is 12.6. The summed E-state index contributed by atoms with van der Waals surface area (Å²) in [4.78, 5) is 35.1. The molecule has 0 fully saturated rings. The minimum atomic E-state index is -5.01. The van der Waals surface area contributed by atoms with Crippen molar-refractivity contribution < 1.29 is 35.9 Å². The third kappa shape index (κ3) is 7.48. The van der Waals surface area contributed by atoms with Gasteiger partial charge < -0.3 is 15.5 Å². The zero-order valence-electron chi connectivity index (χ0n) is 22.9. The van der Waals surface area contributed by atoms with Crippen molar-refractivity contribution in [1.82, 2.24) is 30.0 Å². The van der Waals surface area contributed by atoms with Gasteiger partial charge in [-0.1, -0.05) is 15.9 Å². The van der Waals surface area contributed by atoms with Gasteiger partial charge in [0.2, 0.25) is 0 Å². The lowest BCUT2D eigenvalue weighted by Gasteiger charge is -2.13. The predicted octanol–water partition coefficient (Wildman–Crippen LogP) is 5.53. The van der Waals surface area contributed by atoms with E-state index < -0.39 is 40.9 Å². The van der Waals surface area contributed by atoms with Crippen molar-refractivity contribution in [2.75, 3.05) is 32.5 Å². The van der Waals surface area contributed by atoms with Gasteiger partial charge in [-0.2, -0.15) is 31.4 Å². The fourth-order valence-electron chi connectivity index (χ4n) is 4.06. The van der Waals surface area contributed by atoms with Crippen LogP contribution in [0.3, 0.4) is 0 Å². The molecular weight excluding hydrogens is 648 g/mol. The Labute approximate surface area is 249 Å². The summed E-state index contributed by atoms with van der Waals surface area (Å²) in [6.07, 6.45) is -8.65. The zero-order chi connectivity index (χ0) is 31.7. The Kier molecular flexibility index (Phi) is 9.11. The maximum absolute atomic E-state index is 14.0. The number of carbonyl (C=O) groups is 2. The van der Waals surface area contributed by atoms with E-state index in [1.54, 1.807) is 0 Å². The molecule has 228 valence electrons. The highest BCUT2D eigenvalue weighted by Gasteiger charge is 2.40. The van der Waals surface area contributed by atoms with Crippen molar-refractivity contribution in [2.45, 2.75) is 25.8 Å². The molecule has 2 N–H and O–H groups in total. The Balaban J connectivity index is 1.64. The highest BCUT2D eigenvalue weighted by atomic mass is 79.9. The summed E-state index contributed by atoms with van der Waals surface area (Å²) >= 11 is 3.18. The number of hydrogen-bond acceptors (Lipinski definition) is 6. The molecular formula is C27H24BrF6N7O2. The van der Waals surface area contributed by atoms with E-state index in [1.165, 1.54) is 43.5 Å². The van der Waals surface area contributed by atoms with Gasteiger partial charge in [-0.05, 0) is 57.4 Å². The second-order valence-electron chi connectivity index (χ2n) is 9.73. The molecule has 0 atom stereocenters. The summed E-state index contributed by atoms with van der Waals surface area (Å²) in [5.41, 5.74) is -3.85. The number of amides is 2. The van der Waals surface area contributed by atoms with Crippen LogP contribution in [-0.2, 0) is 18.9 Å². The minimum Gasteiger partial charge on any atom is -0.351 e. The number of aromatic nitrogens is 4. The van der Waals surface area contributed by atoms with Gasteiger partial charge in [0.05, 0.1) is 40.3 Å². The summed E-state index contributed by atoms with van der Waals surface area (Å²) in [7, 11) is 3.70. The molecule has 2 amide bonds. The van der Waals surface area contributed by atoms with E-state index in [4.69, 9.17) is 0 Å². The van der Waals surface area contributed by atoms with E-state index in [9.17, 15) is 35.9 Å². The van der Waals surface area contributed by atoms with E-state index in [0.717, 1.165) is 4.68 Å². The van der Waals surface area contributed by atoms with Gasteiger partial charge in [-0.3, -0.25) is 19.3 Å². The summed E-state index contributed by atoms with van der Waals surface area (Å²) in [5, 5.41) is 8.46. The Bertz CT molecular complexity index is 1670. The summed E-state index contributed by atoms with van der Waals surface area (Å²) in [6.45, 7) is 2.04. The SMILES string of the molecule is Cc1c(NC(=O)c2cc(C(F)(F)F)nc3ccc(Br)cc23)c(C(F)(F)F)nn1Cc1ccc(C(=O)NCCN(C)C)cn1. The first-order chi connectivity index (χ1) is 20.0. The van der Waals surface area contributed by atoms with Crippen LogP contribution in [0, 0.1) is 6.92 Å². The normalized spacial score (nSPS) is 12.2. The second kappa shape index (κ2) is 12.3. The Morgan fingerprint density at radius 3 is 2.33 bits per heavy atom. The molecule has 0 aliphatic heterocycles. The lowest BCUT2D eigenvalue weighted by Crippen LogP contribution is -2.31. The van der Waals surface area contributed by atoms with Crippen LogP contribution >= 0.6 is 15.9 Å². The molecule has 0 spiro atoms. The molecule has 0 aliphatic rings. The smallest absolute Gasteiger partial charge is 0.351 e. The quantitative estimate of drug-likeness (QED) is 0.239. The molecule has 0 unspecified atom stereocenters. The van der Waals surface area contributed by atoms with Crippen LogP contribution in [0.4, 0.5) is 32.0 Å². The molecule has 16 heteroatoms. The van der Waals surface area contributed by atoms with Gasteiger partial charge in [-0.25, -0.2) is 4.98 Å². The average molecular weight is 672 g/mol. The molecule has 3 aromatic heterocycles. The molecule has 43 heavy (non-hydrogen) atoms. The fourth-order valence-corrected chi connectivity index (χ4v) is 4.42. The van der Waals surface area contributed by atoms with Gasteiger partial charge >= 0.3 is 12.4 Å². The van der Waals surface area contributed by atoms with E-state index in [-0.39, 0.29) is 40.3 Å². The number of alkyl halides is 6. The van der Waals surface area contributed by atoms with Crippen molar-refractivity contribution in [3.05, 3.63) is 81.0 Å². The monoisotopic (exact) mass is 671 g/mol. The van der Waals surface area contributed by atoms with Gasteiger partial charge in [0.25, 0.3) is 11.8 Å². The molecule has 0 saturated carbocycles. The topological polar surface area (TPSA) is 105 Å². The third-order valence-corrected chi connectivity index (χ3v) is 6.76. The number of nitrogens with one attached hydrogen (secondary N) is 2. The highest BCUT2D eigenvalue weighted by molar-refractivity contribution is 9.10. The number of rotatable bonds is 8. The first-order valence-corrected chi connectivity index (χ1v) is 13.3. The number of likely N-dealkylation sites (N-methyl/N-ethyl adjacent to an activating group) is 1. The summed E-state index contributed by atoms with van der Waals surface area (Å²) in [6, 6.07) is 7.42. The number of carbonyl (C=O) groups excluding carboxylic acids is 2. The summed E-state index contributed by atoms with van der Waals surface area (Å²) < 4.78 is 83.9. The second-order valence-corrected chi connectivity index (χ2v) is 10.6. The maximum atomic E-state index is 14.0. The van der Waals surface area contributed by atoms with Crippen LogP contribution in [0.1, 0.15) is 43.5 Å². The number of anilines is 1. The molecule has 9 nitrogen and oxygen atoms in total. The Morgan fingerprint density at radius 1 is 1.00 bits per heavy atom. The van der Waals surface area contributed by atoms with Gasteiger partial charge in [0.15, 0.2) is 5.69 Å². The first kappa shape index (κ1) is 31.9. The maximum Gasteiger partial charge on any atom is 0.437 e. The van der Waals surface area contributed by atoms with Crippen LogP contribution in [-0.4, -0.2) is 63.6 Å². The van der Waals surface area contributed by atoms with Crippen molar-refractivity contribution in [2.24, 2.45) is 0 Å². The molecule has 1 aromatic carbocycles.